The fourth-order valence-corrected chi connectivity index (χ4v) is 1.85. The zero-order chi connectivity index (χ0) is 14.9. The molecule has 1 aliphatic heterocycles. The largest absolute Gasteiger partial charge is 0.391 e. The first-order chi connectivity index (χ1) is 8.68. The third-order valence-corrected chi connectivity index (χ3v) is 3.16. The summed E-state index contributed by atoms with van der Waals surface area (Å²) in [7, 11) is 0. The third-order valence-electron chi connectivity index (χ3n) is 3.16. The van der Waals surface area contributed by atoms with E-state index >= 15 is 0 Å². The normalized spacial score (nSPS) is 42.5. The van der Waals surface area contributed by atoms with Crippen molar-refractivity contribution >= 4 is 0 Å². The Kier molecular flexibility index (Phi) is 5.62. The van der Waals surface area contributed by atoms with Crippen LogP contribution in [0.1, 0.15) is 6.92 Å². The lowest BCUT2D eigenvalue weighted by atomic mass is 9.90. The number of aliphatic hydroxyl groups excluding tert-OH is 8. The second-order valence-electron chi connectivity index (χ2n) is 4.68. The molecule has 1 heterocycles. The van der Waals surface area contributed by atoms with Gasteiger partial charge in [-0.3, -0.25) is 0 Å². The lowest BCUT2D eigenvalue weighted by Crippen LogP contribution is -2.63. The Labute approximate surface area is 108 Å². The summed E-state index contributed by atoms with van der Waals surface area (Å²) in [6.45, 7) is 1.17. The van der Waals surface area contributed by atoms with Crippen LogP contribution in [0.4, 0.5) is 0 Å². The summed E-state index contributed by atoms with van der Waals surface area (Å²) in [5.74, 6) is 0. The summed E-state index contributed by atoms with van der Waals surface area (Å²) in [5, 5.41) is 75.3. The van der Waals surface area contributed by atoms with E-state index in [1.54, 1.807) is 0 Å². The molecule has 114 valence electrons. The van der Waals surface area contributed by atoms with Crippen LogP contribution in [0.2, 0.25) is 0 Å². The van der Waals surface area contributed by atoms with Gasteiger partial charge in [-0.25, -0.2) is 0 Å². The average molecular weight is 284 g/mol. The van der Waals surface area contributed by atoms with Crippen LogP contribution in [0.3, 0.4) is 0 Å². The Morgan fingerprint density at radius 1 is 0.789 bits per heavy atom. The van der Waals surface area contributed by atoms with Crippen LogP contribution >= 0.6 is 0 Å². The highest BCUT2D eigenvalue weighted by atomic mass is 16.6. The van der Waals surface area contributed by atoms with Crippen molar-refractivity contribution in [3.63, 3.8) is 0 Å². The molecule has 0 aromatic rings. The van der Waals surface area contributed by atoms with Crippen LogP contribution in [0.15, 0.2) is 0 Å². The maximum Gasteiger partial charge on any atom is 0.184 e. The molecule has 9 atom stereocenters. The molecule has 0 aromatic heterocycles. The molecule has 1 fully saturated rings. The minimum atomic E-state index is -1.89. The van der Waals surface area contributed by atoms with E-state index < -0.39 is 55.1 Å². The average Bonchev–Trinajstić information content (AvgIpc) is 2.37. The Balaban J connectivity index is 2.78. The second-order valence-corrected chi connectivity index (χ2v) is 4.68. The fourth-order valence-electron chi connectivity index (χ4n) is 1.85. The summed E-state index contributed by atoms with van der Waals surface area (Å²) in [6, 6.07) is 0. The summed E-state index contributed by atoms with van der Waals surface area (Å²) in [5.41, 5.74) is 0. The molecule has 0 amide bonds. The van der Waals surface area contributed by atoms with Crippen LogP contribution in [0, 0.1) is 0 Å². The Morgan fingerprint density at radius 2 is 1.32 bits per heavy atom. The topological polar surface area (TPSA) is 171 Å². The van der Waals surface area contributed by atoms with Gasteiger partial charge in [-0.2, -0.15) is 0 Å². The number of ether oxygens (including phenoxy) is 1. The van der Waals surface area contributed by atoms with Crippen molar-refractivity contribution in [3.05, 3.63) is 0 Å². The van der Waals surface area contributed by atoms with E-state index in [1.165, 1.54) is 6.92 Å². The van der Waals surface area contributed by atoms with Gasteiger partial charge in [-0.05, 0) is 6.92 Å². The molecule has 0 saturated carbocycles. The van der Waals surface area contributed by atoms with Gasteiger partial charge in [0.1, 0.15) is 42.7 Å². The highest BCUT2D eigenvalue weighted by Crippen LogP contribution is 2.24. The van der Waals surface area contributed by atoms with Crippen LogP contribution in [-0.4, -0.2) is 96.0 Å². The number of aliphatic hydroxyl groups is 8. The van der Waals surface area contributed by atoms with Gasteiger partial charge in [0.25, 0.3) is 0 Å². The highest BCUT2D eigenvalue weighted by molar-refractivity contribution is 4.95. The maximum atomic E-state index is 9.74. The highest BCUT2D eigenvalue weighted by Gasteiger charge is 2.48. The predicted molar refractivity (Wildman–Crippen MR) is 58.6 cm³/mol. The van der Waals surface area contributed by atoms with Crippen LogP contribution in [0.25, 0.3) is 0 Å². The van der Waals surface area contributed by atoms with E-state index in [4.69, 9.17) is 5.11 Å². The SMILES string of the molecule is C[C@@H](O)[C@@H](O)[C@H](O)[C@@H](O)[C@H]1O[C@@H](O)[C@H](O)[C@@H](O)[C@H]1O. The fraction of sp³-hybridized carbons (Fsp3) is 1.00. The van der Waals surface area contributed by atoms with Crippen LogP contribution < -0.4 is 0 Å². The molecule has 8 N–H and O–H groups in total. The van der Waals surface area contributed by atoms with E-state index in [0.29, 0.717) is 0 Å². The second kappa shape index (κ2) is 6.39. The van der Waals surface area contributed by atoms with Gasteiger partial charge in [0.2, 0.25) is 0 Å². The molecule has 0 aromatic carbocycles. The van der Waals surface area contributed by atoms with Crippen molar-refractivity contribution in [1.82, 2.24) is 0 Å². The molecule has 9 heteroatoms. The molecule has 19 heavy (non-hydrogen) atoms. The van der Waals surface area contributed by atoms with Crippen molar-refractivity contribution in [1.29, 1.82) is 0 Å². The molecule has 1 rings (SSSR count). The number of hydrogen-bond acceptors (Lipinski definition) is 9. The summed E-state index contributed by atoms with van der Waals surface area (Å²) < 4.78 is 4.69. The van der Waals surface area contributed by atoms with Crippen molar-refractivity contribution < 1.29 is 45.6 Å². The smallest absolute Gasteiger partial charge is 0.184 e. The number of rotatable bonds is 4. The zero-order valence-electron chi connectivity index (χ0n) is 10.2. The quantitative estimate of drug-likeness (QED) is 0.252. The van der Waals surface area contributed by atoms with Gasteiger partial charge in [-0.1, -0.05) is 0 Å². The van der Waals surface area contributed by atoms with E-state index in [0.717, 1.165) is 0 Å². The monoisotopic (exact) mass is 284 g/mol. The summed E-state index contributed by atoms with van der Waals surface area (Å²) in [4.78, 5) is 0. The van der Waals surface area contributed by atoms with E-state index in [-0.39, 0.29) is 0 Å². The third kappa shape index (κ3) is 3.40. The van der Waals surface area contributed by atoms with Crippen molar-refractivity contribution in [2.45, 2.75) is 62.0 Å². The van der Waals surface area contributed by atoms with Crippen molar-refractivity contribution in [2.75, 3.05) is 0 Å². The van der Waals surface area contributed by atoms with Gasteiger partial charge in [0, 0.05) is 0 Å². The van der Waals surface area contributed by atoms with E-state index in [2.05, 4.69) is 4.74 Å². The van der Waals surface area contributed by atoms with Gasteiger partial charge < -0.3 is 45.6 Å². The molecule has 0 aliphatic carbocycles. The molecule has 0 radical (unpaired) electrons. The first kappa shape index (κ1) is 16.7. The molecule has 1 saturated heterocycles. The Bertz CT molecular complexity index is 286. The Hall–Kier alpha value is -0.360. The van der Waals surface area contributed by atoms with Gasteiger partial charge in [0.05, 0.1) is 6.10 Å². The lowest BCUT2D eigenvalue weighted by molar-refractivity contribution is -0.305. The molecule has 9 nitrogen and oxygen atoms in total. The molecular formula is C10H20O9. The Morgan fingerprint density at radius 3 is 1.79 bits per heavy atom. The van der Waals surface area contributed by atoms with Crippen molar-refractivity contribution in [2.24, 2.45) is 0 Å². The van der Waals surface area contributed by atoms with Gasteiger partial charge >= 0.3 is 0 Å². The van der Waals surface area contributed by atoms with E-state index in [9.17, 15) is 35.7 Å². The summed E-state index contributed by atoms with van der Waals surface area (Å²) >= 11 is 0. The van der Waals surface area contributed by atoms with E-state index in [1.807, 2.05) is 0 Å². The molecular weight excluding hydrogens is 264 g/mol. The molecule has 1 aliphatic rings. The zero-order valence-corrected chi connectivity index (χ0v) is 10.2. The molecule has 0 spiro atoms. The predicted octanol–water partition coefficient (Wildman–Crippen LogP) is -4.75. The molecule has 0 bridgehead atoms. The number of hydrogen-bond donors (Lipinski definition) is 8. The van der Waals surface area contributed by atoms with Crippen LogP contribution in [0.5, 0.6) is 0 Å². The maximum absolute atomic E-state index is 9.74. The molecule has 0 unspecified atom stereocenters. The first-order valence-corrected chi connectivity index (χ1v) is 5.78. The van der Waals surface area contributed by atoms with Crippen LogP contribution in [-0.2, 0) is 4.74 Å². The summed E-state index contributed by atoms with van der Waals surface area (Å²) in [6.07, 6.45) is -15.7. The minimum absolute atomic E-state index is 1.17. The first-order valence-electron chi connectivity index (χ1n) is 5.78. The van der Waals surface area contributed by atoms with Gasteiger partial charge in [-0.15, -0.1) is 0 Å². The van der Waals surface area contributed by atoms with Crippen molar-refractivity contribution in [3.8, 4) is 0 Å². The lowest BCUT2D eigenvalue weighted by Gasteiger charge is -2.41. The van der Waals surface area contributed by atoms with Gasteiger partial charge in [0.15, 0.2) is 6.29 Å². The standard InChI is InChI=1S/C10H20O9/c1-2(11)3(12)4(13)6(15)9-7(16)5(14)8(17)10(18)19-9/h2-18H,1H3/t2-,3-,4+,5+,6-,7-,8-,9-,10-/m1/s1. The minimum Gasteiger partial charge on any atom is -0.391 e.